The molecule has 0 radical (unpaired) electrons. The SMILES string of the molecule is Cc1ccc(Nc2nc(N)nc(C[NH+]3CC[NH+](C)CC3)n2)c(C)c1. The molecule has 0 spiro atoms. The Balaban J connectivity index is 1.73. The molecule has 5 N–H and O–H groups in total. The third-order valence-corrected chi connectivity index (χ3v) is 4.55. The number of nitrogen functional groups attached to an aromatic ring is 1. The highest BCUT2D eigenvalue weighted by atomic mass is 15.3. The van der Waals surface area contributed by atoms with Crippen LogP contribution in [0.5, 0.6) is 0 Å². The summed E-state index contributed by atoms with van der Waals surface area (Å²) in [6, 6.07) is 6.24. The Morgan fingerprint density at radius 3 is 2.54 bits per heavy atom. The lowest BCUT2D eigenvalue weighted by Crippen LogP contribution is -3.26. The van der Waals surface area contributed by atoms with E-state index < -0.39 is 0 Å². The van der Waals surface area contributed by atoms with Crippen LogP contribution in [0.3, 0.4) is 0 Å². The molecule has 7 nitrogen and oxygen atoms in total. The molecule has 0 atom stereocenters. The van der Waals surface area contributed by atoms with E-state index >= 15 is 0 Å². The van der Waals surface area contributed by atoms with Crippen LogP contribution in [-0.4, -0.2) is 48.2 Å². The lowest BCUT2D eigenvalue weighted by Gasteiger charge is -2.26. The molecule has 3 rings (SSSR count). The van der Waals surface area contributed by atoms with Crippen molar-refractivity contribution in [3.63, 3.8) is 0 Å². The average Bonchev–Trinajstić information content (AvgIpc) is 2.52. The number of rotatable bonds is 4. The zero-order chi connectivity index (χ0) is 17.1. The van der Waals surface area contributed by atoms with Crippen LogP contribution in [-0.2, 0) is 6.54 Å². The number of piperazine rings is 1. The van der Waals surface area contributed by atoms with Crippen molar-refractivity contribution < 1.29 is 9.80 Å². The fraction of sp³-hybridized carbons (Fsp3) is 0.471. The molecular weight excluding hydrogens is 302 g/mol. The first kappa shape index (κ1) is 16.6. The minimum absolute atomic E-state index is 0.270. The normalized spacial score (nSPS) is 20.8. The monoisotopic (exact) mass is 329 g/mol. The van der Waals surface area contributed by atoms with Gasteiger partial charge in [-0.3, -0.25) is 0 Å². The van der Waals surface area contributed by atoms with E-state index in [1.165, 1.54) is 23.6 Å². The Kier molecular flexibility index (Phi) is 4.92. The van der Waals surface area contributed by atoms with Crippen LogP contribution >= 0.6 is 0 Å². The number of aryl methyl sites for hydroxylation is 2. The van der Waals surface area contributed by atoms with Gasteiger partial charge in [0.25, 0.3) is 0 Å². The Morgan fingerprint density at radius 2 is 1.83 bits per heavy atom. The quantitative estimate of drug-likeness (QED) is 0.562. The Hall–Kier alpha value is -2.25. The van der Waals surface area contributed by atoms with Gasteiger partial charge >= 0.3 is 0 Å². The second-order valence-corrected chi connectivity index (χ2v) is 6.76. The molecule has 128 valence electrons. The predicted octanol–water partition coefficient (Wildman–Crippen LogP) is -1.27. The smallest absolute Gasteiger partial charge is 0.232 e. The zero-order valence-corrected chi connectivity index (χ0v) is 14.7. The summed E-state index contributed by atoms with van der Waals surface area (Å²) in [5.41, 5.74) is 9.27. The number of hydrogen-bond donors (Lipinski definition) is 4. The molecule has 1 aromatic carbocycles. The fourth-order valence-electron chi connectivity index (χ4n) is 3.08. The molecule has 0 saturated carbocycles. The molecule has 1 fully saturated rings. The van der Waals surface area contributed by atoms with Gasteiger partial charge in [0.15, 0.2) is 5.82 Å². The van der Waals surface area contributed by atoms with E-state index in [0.29, 0.717) is 5.95 Å². The first-order valence-corrected chi connectivity index (χ1v) is 8.49. The first-order chi connectivity index (χ1) is 11.5. The van der Waals surface area contributed by atoms with Gasteiger partial charge in [-0.1, -0.05) is 17.7 Å². The van der Waals surface area contributed by atoms with Crippen molar-refractivity contribution in [3.8, 4) is 0 Å². The maximum atomic E-state index is 5.89. The molecular formula is C17H27N7+2. The van der Waals surface area contributed by atoms with Crippen molar-refractivity contribution >= 4 is 17.6 Å². The Morgan fingerprint density at radius 1 is 1.08 bits per heavy atom. The molecule has 0 unspecified atom stereocenters. The zero-order valence-electron chi connectivity index (χ0n) is 14.7. The first-order valence-electron chi connectivity index (χ1n) is 8.49. The summed E-state index contributed by atoms with van der Waals surface area (Å²) in [4.78, 5) is 16.2. The number of nitrogens with zero attached hydrogens (tertiary/aromatic N) is 3. The molecule has 0 amide bonds. The maximum Gasteiger partial charge on any atom is 0.232 e. The Labute approximate surface area is 142 Å². The summed E-state index contributed by atoms with van der Waals surface area (Å²) < 4.78 is 0. The molecule has 1 aromatic heterocycles. The maximum absolute atomic E-state index is 5.89. The van der Waals surface area contributed by atoms with E-state index in [9.17, 15) is 0 Å². The van der Waals surface area contributed by atoms with E-state index in [4.69, 9.17) is 5.73 Å². The van der Waals surface area contributed by atoms with Crippen LogP contribution in [0.1, 0.15) is 17.0 Å². The van der Waals surface area contributed by atoms with Crippen LogP contribution in [0, 0.1) is 13.8 Å². The van der Waals surface area contributed by atoms with Crippen LogP contribution in [0.25, 0.3) is 0 Å². The van der Waals surface area contributed by atoms with Crippen LogP contribution in [0.15, 0.2) is 18.2 Å². The van der Waals surface area contributed by atoms with Gasteiger partial charge in [0.05, 0.1) is 7.05 Å². The van der Waals surface area contributed by atoms with Crippen molar-refractivity contribution in [2.75, 3.05) is 44.3 Å². The van der Waals surface area contributed by atoms with Gasteiger partial charge in [0, 0.05) is 5.69 Å². The third-order valence-electron chi connectivity index (χ3n) is 4.55. The van der Waals surface area contributed by atoms with Crippen LogP contribution < -0.4 is 20.9 Å². The van der Waals surface area contributed by atoms with Gasteiger partial charge in [0.2, 0.25) is 11.9 Å². The number of benzene rings is 1. The molecule has 0 bridgehead atoms. The summed E-state index contributed by atoms with van der Waals surface area (Å²) in [6.07, 6.45) is 0. The minimum Gasteiger partial charge on any atom is -0.368 e. The standard InChI is InChI=1S/C17H25N7/c1-12-4-5-14(13(2)10-12)19-17-21-15(20-16(18)22-17)11-24-8-6-23(3)7-9-24/h4-5,10H,6-9,11H2,1-3H3,(H3,18,19,20,21,22)/p+2. The lowest BCUT2D eigenvalue weighted by molar-refractivity contribution is -1.01. The van der Waals surface area contributed by atoms with Gasteiger partial charge < -0.3 is 20.9 Å². The van der Waals surface area contributed by atoms with Gasteiger partial charge in [-0.2, -0.15) is 15.0 Å². The molecule has 24 heavy (non-hydrogen) atoms. The number of hydrogen-bond acceptors (Lipinski definition) is 5. The van der Waals surface area contributed by atoms with Gasteiger partial charge in [0.1, 0.15) is 32.7 Å². The van der Waals surface area contributed by atoms with Gasteiger partial charge in [-0.15, -0.1) is 0 Å². The van der Waals surface area contributed by atoms with E-state index in [0.717, 1.165) is 36.7 Å². The van der Waals surface area contributed by atoms with Crippen molar-refractivity contribution in [1.82, 2.24) is 15.0 Å². The van der Waals surface area contributed by atoms with Crippen LogP contribution in [0.4, 0.5) is 17.6 Å². The number of anilines is 3. The fourth-order valence-corrected chi connectivity index (χ4v) is 3.08. The Bertz CT molecular complexity index is 708. The van der Waals surface area contributed by atoms with E-state index in [-0.39, 0.29) is 5.95 Å². The highest BCUT2D eigenvalue weighted by Gasteiger charge is 2.21. The highest BCUT2D eigenvalue weighted by molar-refractivity contribution is 5.59. The second-order valence-electron chi connectivity index (χ2n) is 6.76. The van der Waals surface area contributed by atoms with Gasteiger partial charge in [-0.25, -0.2) is 0 Å². The molecule has 7 heteroatoms. The third kappa shape index (κ3) is 4.18. The van der Waals surface area contributed by atoms with Crippen molar-refractivity contribution in [1.29, 1.82) is 0 Å². The number of nitrogens with one attached hydrogen (secondary N) is 3. The molecule has 1 saturated heterocycles. The van der Waals surface area contributed by atoms with E-state index in [2.05, 4.69) is 53.3 Å². The summed E-state index contributed by atoms with van der Waals surface area (Å²) in [5.74, 6) is 1.54. The van der Waals surface area contributed by atoms with E-state index in [1.54, 1.807) is 4.90 Å². The molecule has 0 aliphatic carbocycles. The van der Waals surface area contributed by atoms with Crippen LogP contribution in [0.2, 0.25) is 0 Å². The summed E-state index contributed by atoms with van der Waals surface area (Å²) in [6.45, 7) is 9.58. The lowest BCUT2D eigenvalue weighted by atomic mass is 10.1. The predicted molar refractivity (Wildman–Crippen MR) is 94.5 cm³/mol. The number of quaternary nitrogens is 2. The summed E-state index contributed by atoms with van der Waals surface area (Å²) in [7, 11) is 2.24. The second kappa shape index (κ2) is 7.11. The largest absolute Gasteiger partial charge is 0.368 e. The summed E-state index contributed by atoms with van der Waals surface area (Å²) in [5, 5.41) is 3.27. The number of likely N-dealkylation sites (N-methyl/N-ethyl adjacent to an activating group) is 1. The molecule has 1 aliphatic heterocycles. The van der Waals surface area contributed by atoms with Crippen molar-refractivity contribution in [3.05, 3.63) is 35.2 Å². The van der Waals surface area contributed by atoms with Gasteiger partial charge in [-0.05, 0) is 25.5 Å². The molecule has 1 aliphatic rings. The topological polar surface area (TPSA) is 85.6 Å². The van der Waals surface area contributed by atoms with Crippen molar-refractivity contribution in [2.24, 2.45) is 0 Å². The highest BCUT2D eigenvalue weighted by Crippen LogP contribution is 2.19. The summed E-state index contributed by atoms with van der Waals surface area (Å²) >= 11 is 0. The van der Waals surface area contributed by atoms with E-state index in [1.807, 2.05) is 6.07 Å². The minimum atomic E-state index is 0.270. The number of nitrogens with two attached hydrogens (primary N) is 1. The van der Waals surface area contributed by atoms with Crippen molar-refractivity contribution in [2.45, 2.75) is 20.4 Å². The molecule has 2 heterocycles. The number of aromatic nitrogens is 3. The average molecular weight is 329 g/mol. The molecule has 2 aromatic rings.